The van der Waals surface area contributed by atoms with Crippen molar-refractivity contribution >= 4 is 11.7 Å². The van der Waals surface area contributed by atoms with E-state index in [1.165, 1.54) is 12.8 Å². The van der Waals surface area contributed by atoms with Gasteiger partial charge in [-0.25, -0.2) is 10.8 Å². The van der Waals surface area contributed by atoms with Crippen LogP contribution in [0.1, 0.15) is 43.1 Å². The molecule has 0 aromatic carbocycles. The van der Waals surface area contributed by atoms with Crippen molar-refractivity contribution in [3.8, 4) is 0 Å². The van der Waals surface area contributed by atoms with E-state index in [0.717, 1.165) is 18.8 Å². The van der Waals surface area contributed by atoms with Crippen LogP contribution >= 0.6 is 0 Å². The first-order chi connectivity index (χ1) is 8.69. The maximum absolute atomic E-state index is 12.0. The number of hydrogen-bond donors (Lipinski definition) is 3. The second kappa shape index (κ2) is 5.82. The molecule has 1 saturated carbocycles. The zero-order valence-corrected chi connectivity index (χ0v) is 10.6. The van der Waals surface area contributed by atoms with Crippen LogP contribution in [0.25, 0.3) is 0 Å². The fraction of sp³-hybridized carbons (Fsp3) is 0.538. The molecular formula is C13H20N4O. The Kier molecular flexibility index (Phi) is 4.15. The van der Waals surface area contributed by atoms with Crippen LogP contribution in [0.2, 0.25) is 0 Å². The smallest absolute Gasteiger partial charge is 0.270 e. The van der Waals surface area contributed by atoms with Gasteiger partial charge in [-0.05, 0) is 43.7 Å². The van der Waals surface area contributed by atoms with Gasteiger partial charge in [0.05, 0.1) is 0 Å². The van der Waals surface area contributed by atoms with E-state index in [0.29, 0.717) is 11.5 Å². The number of hydrazine groups is 1. The number of hydrogen-bond acceptors (Lipinski definition) is 4. The summed E-state index contributed by atoms with van der Waals surface area (Å²) in [6.45, 7) is 2.26. The molecule has 0 radical (unpaired) electrons. The van der Waals surface area contributed by atoms with E-state index in [2.05, 4.69) is 22.7 Å². The molecule has 1 aromatic heterocycles. The number of carbonyl (C=O) groups is 1. The van der Waals surface area contributed by atoms with Gasteiger partial charge in [-0.3, -0.25) is 4.79 Å². The fourth-order valence-electron chi connectivity index (χ4n) is 2.31. The minimum absolute atomic E-state index is 0.119. The Morgan fingerprint density at radius 1 is 1.33 bits per heavy atom. The Labute approximate surface area is 107 Å². The molecule has 5 heteroatoms. The van der Waals surface area contributed by atoms with Gasteiger partial charge in [-0.15, -0.1) is 0 Å². The second-order valence-electron chi connectivity index (χ2n) is 4.98. The van der Waals surface area contributed by atoms with Gasteiger partial charge in [0.15, 0.2) is 0 Å². The van der Waals surface area contributed by atoms with Gasteiger partial charge in [0, 0.05) is 6.04 Å². The topological polar surface area (TPSA) is 80.0 Å². The molecule has 1 heterocycles. The van der Waals surface area contributed by atoms with Crippen molar-refractivity contribution in [3.63, 3.8) is 0 Å². The van der Waals surface area contributed by atoms with E-state index in [9.17, 15) is 4.79 Å². The lowest BCUT2D eigenvalue weighted by Crippen LogP contribution is -2.37. The van der Waals surface area contributed by atoms with Crippen molar-refractivity contribution in [1.29, 1.82) is 0 Å². The van der Waals surface area contributed by atoms with Crippen LogP contribution in [0.3, 0.4) is 0 Å². The zero-order chi connectivity index (χ0) is 13.0. The van der Waals surface area contributed by atoms with E-state index in [-0.39, 0.29) is 11.9 Å². The van der Waals surface area contributed by atoms with Gasteiger partial charge in [0.2, 0.25) is 0 Å². The minimum atomic E-state index is -0.119. The molecule has 18 heavy (non-hydrogen) atoms. The van der Waals surface area contributed by atoms with Crippen LogP contribution in [0.15, 0.2) is 18.2 Å². The highest BCUT2D eigenvalue weighted by Crippen LogP contribution is 2.23. The minimum Gasteiger partial charge on any atom is -0.348 e. The first-order valence-corrected chi connectivity index (χ1v) is 6.43. The summed E-state index contributed by atoms with van der Waals surface area (Å²) in [6, 6.07) is 5.46. The third kappa shape index (κ3) is 3.20. The summed E-state index contributed by atoms with van der Waals surface area (Å²) in [7, 11) is 0. The van der Waals surface area contributed by atoms with Crippen molar-refractivity contribution in [3.05, 3.63) is 23.9 Å². The molecule has 2 rings (SSSR count). The quantitative estimate of drug-likeness (QED) is 0.561. The molecule has 1 aromatic rings. The maximum Gasteiger partial charge on any atom is 0.270 e. The lowest BCUT2D eigenvalue weighted by Gasteiger charge is -2.26. The molecule has 0 aliphatic heterocycles. The van der Waals surface area contributed by atoms with Gasteiger partial charge in [0.1, 0.15) is 11.5 Å². The second-order valence-corrected chi connectivity index (χ2v) is 4.98. The normalized spacial score (nSPS) is 23.4. The number of anilines is 1. The Hall–Kier alpha value is -1.62. The standard InChI is InChI=1S/C13H20N4O/c1-9-5-7-10(8-6-9)15-13(18)11-3-2-4-12(16-11)17-14/h2-4,9-10H,5-8,14H2,1H3,(H,15,18)(H,16,17). The van der Waals surface area contributed by atoms with Crippen LogP contribution in [0, 0.1) is 5.92 Å². The predicted octanol–water partition coefficient (Wildman–Crippen LogP) is 1.68. The molecule has 0 saturated heterocycles. The zero-order valence-electron chi connectivity index (χ0n) is 10.6. The number of nitrogen functional groups attached to an aromatic ring is 1. The number of aromatic nitrogens is 1. The van der Waals surface area contributed by atoms with Crippen molar-refractivity contribution in [2.24, 2.45) is 11.8 Å². The summed E-state index contributed by atoms with van der Waals surface area (Å²) >= 11 is 0. The molecule has 1 amide bonds. The van der Waals surface area contributed by atoms with Gasteiger partial charge in [-0.2, -0.15) is 0 Å². The molecule has 4 N–H and O–H groups in total. The summed E-state index contributed by atoms with van der Waals surface area (Å²) < 4.78 is 0. The number of nitrogens with two attached hydrogens (primary N) is 1. The van der Waals surface area contributed by atoms with Crippen LogP contribution in [0.5, 0.6) is 0 Å². The average Bonchev–Trinajstić information content (AvgIpc) is 2.41. The van der Waals surface area contributed by atoms with E-state index in [4.69, 9.17) is 5.84 Å². The molecule has 1 aliphatic rings. The summed E-state index contributed by atoms with van der Waals surface area (Å²) in [5.74, 6) is 6.43. The highest BCUT2D eigenvalue weighted by Gasteiger charge is 2.20. The van der Waals surface area contributed by atoms with Crippen LogP contribution < -0.4 is 16.6 Å². The average molecular weight is 248 g/mol. The highest BCUT2D eigenvalue weighted by molar-refractivity contribution is 5.92. The molecular weight excluding hydrogens is 228 g/mol. The number of rotatable bonds is 3. The number of carbonyl (C=O) groups excluding carboxylic acids is 1. The van der Waals surface area contributed by atoms with Crippen molar-refractivity contribution in [2.45, 2.75) is 38.6 Å². The Morgan fingerprint density at radius 3 is 2.72 bits per heavy atom. The Balaban J connectivity index is 1.94. The molecule has 0 spiro atoms. The first-order valence-electron chi connectivity index (χ1n) is 6.43. The first kappa shape index (κ1) is 12.8. The van der Waals surface area contributed by atoms with Gasteiger partial charge in [0.25, 0.3) is 5.91 Å². The van der Waals surface area contributed by atoms with Gasteiger partial charge in [-0.1, -0.05) is 13.0 Å². The summed E-state index contributed by atoms with van der Waals surface area (Å²) in [4.78, 5) is 16.1. The Morgan fingerprint density at radius 2 is 2.06 bits per heavy atom. The third-order valence-corrected chi connectivity index (χ3v) is 3.48. The van der Waals surface area contributed by atoms with Gasteiger partial charge >= 0.3 is 0 Å². The monoisotopic (exact) mass is 248 g/mol. The molecule has 1 fully saturated rings. The number of nitrogens with one attached hydrogen (secondary N) is 2. The lowest BCUT2D eigenvalue weighted by molar-refractivity contribution is 0.0918. The molecule has 0 unspecified atom stereocenters. The molecule has 98 valence electrons. The van der Waals surface area contributed by atoms with Gasteiger partial charge < -0.3 is 10.7 Å². The summed E-state index contributed by atoms with van der Waals surface area (Å²) in [5.41, 5.74) is 2.85. The van der Waals surface area contributed by atoms with Crippen LogP contribution in [-0.4, -0.2) is 16.9 Å². The van der Waals surface area contributed by atoms with Crippen molar-refractivity contribution in [1.82, 2.24) is 10.3 Å². The molecule has 5 nitrogen and oxygen atoms in total. The largest absolute Gasteiger partial charge is 0.348 e. The van der Waals surface area contributed by atoms with E-state index >= 15 is 0 Å². The van der Waals surface area contributed by atoms with Crippen molar-refractivity contribution in [2.75, 3.05) is 5.43 Å². The maximum atomic E-state index is 12.0. The van der Waals surface area contributed by atoms with E-state index in [1.807, 2.05) is 0 Å². The predicted molar refractivity (Wildman–Crippen MR) is 70.9 cm³/mol. The Bertz CT molecular complexity index is 413. The fourth-order valence-corrected chi connectivity index (χ4v) is 2.31. The van der Waals surface area contributed by atoms with Crippen LogP contribution in [0.4, 0.5) is 5.82 Å². The molecule has 1 aliphatic carbocycles. The van der Waals surface area contributed by atoms with Crippen molar-refractivity contribution < 1.29 is 4.79 Å². The number of pyridine rings is 1. The molecule has 0 atom stereocenters. The highest BCUT2D eigenvalue weighted by atomic mass is 16.1. The van der Waals surface area contributed by atoms with E-state index in [1.54, 1.807) is 18.2 Å². The third-order valence-electron chi connectivity index (χ3n) is 3.48. The summed E-state index contributed by atoms with van der Waals surface area (Å²) in [5, 5.41) is 3.04. The summed E-state index contributed by atoms with van der Waals surface area (Å²) in [6.07, 6.45) is 4.48. The number of nitrogens with zero attached hydrogens (tertiary/aromatic N) is 1. The number of amides is 1. The molecule has 0 bridgehead atoms. The van der Waals surface area contributed by atoms with E-state index < -0.39 is 0 Å². The van der Waals surface area contributed by atoms with Crippen LogP contribution in [-0.2, 0) is 0 Å². The SMILES string of the molecule is CC1CCC(NC(=O)c2cccc(NN)n2)CC1. The lowest BCUT2D eigenvalue weighted by atomic mass is 9.87.